The zero-order valence-electron chi connectivity index (χ0n) is 14.2. The lowest BCUT2D eigenvalue weighted by atomic mass is 10.1. The lowest BCUT2D eigenvalue weighted by Gasteiger charge is -2.15. The molecule has 1 aromatic rings. The second-order valence-corrected chi connectivity index (χ2v) is 7.87. The molecule has 7 heteroatoms. The van der Waals surface area contributed by atoms with Gasteiger partial charge < -0.3 is 0 Å². The Morgan fingerprint density at radius 3 is 2.33 bits per heavy atom. The normalized spacial score (nSPS) is 16.1. The van der Waals surface area contributed by atoms with E-state index in [1.54, 1.807) is 6.21 Å². The van der Waals surface area contributed by atoms with Gasteiger partial charge in [0.15, 0.2) is 0 Å². The molecule has 2 rings (SSSR count). The predicted molar refractivity (Wildman–Crippen MR) is 94.5 cm³/mol. The number of carbonyl (C=O) groups is 1. The van der Waals surface area contributed by atoms with E-state index in [0.29, 0.717) is 24.6 Å². The van der Waals surface area contributed by atoms with E-state index in [1.807, 2.05) is 0 Å². The quantitative estimate of drug-likeness (QED) is 0.606. The van der Waals surface area contributed by atoms with Crippen molar-refractivity contribution >= 4 is 22.1 Å². The fourth-order valence-electron chi connectivity index (χ4n) is 2.62. The number of benzene rings is 1. The summed E-state index contributed by atoms with van der Waals surface area (Å²) in [5, 5.41) is 3.97. The van der Waals surface area contributed by atoms with E-state index in [4.69, 9.17) is 0 Å². The number of rotatable bonds is 7. The van der Waals surface area contributed by atoms with Crippen LogP contribution in [0.15, 0.2) is 34.3 Å². The van der Waals surface area contributed by atoms with Crippen molar-refractivity contribution in [1.82, 2.24) is 9.73 Å². The highest BCUT2D eigenvalue weighted by Crippen LogP contribution is 2.21. The van der Waals surface area contributed by atoms with Gasteiger partial charge in [-0.2, -0.15) is 9.41 Å². The molecule has 132 valence electrons. The van der Waals surface area contributed by atoms with Crippen LogP contribution >= 0.6 is 0 Å². The fourth-order valence-corrected chi connectivity index (χ4v) is 4.14. The van der Waals surface area contributed by atoms with Crippen LogP contribution in [-0.2, 0) is 10.0 Å². The standard InChI is InChI=1S/C17H25N3O3S/c1-3-14(4-2)13-18-19-17(21)15-7-9-16(10-8-15)24(22,23)20-11-5-6-12-20/h7-10,13-14H,3-6,11-12H2,1-2H3,(H,19,21)/b18-13-. The maximum atomic E-state index is 12.4. The van der Waals surface area contributed by atoms with Crippen LogP contribution < -0.4 is 5.43 Å². The highest BCUT2D eigenvalue weighted by Gasteiger charge is 2.27. The Labute approximate surface area is 144 Å². The van der Waals surface area contributed by atoms with Gasteiger partial charge in [0.25, 0.3) is 5.91 Å². The molecule has 1 aliphatic rings. The van der Waals surface area contributed by atoms with Crippen molar-refractivity contribution in [3.8, 4) is 0 Å². The summed E-state index contributed by atoms with van der Waals surface area (Å²) in [6.07, 6.45) is 5.48. The number of carbonyl (C=O) groups excluding carboxylic acids is 1. The Bertz CT molecular complexity index is 674. The van der Waals surface area contributed by atoms with Gasteiger partial charge in [-0.05, 0) is 55.9 Å². The zero-order chi connectivity index (χ0) is 17.6. The van der Waals surface area contributed by atoms with Gasteiger partial charge in [-0.15, -0.1) is 0 Å². The zero-order valence-corrected chi connectivity index (χ0v) is 15.1. The lowest BCUT2D eigenvalue weighted by molar-refractivity contribution is 0.0955. The number of hydrogen-bond donors (Lipinski definition) is 1. The summed E-state index contributed by atoms with van der Waals surface area (Å²) in [7, 11) is -3.44. The number of hydrazone groups is 1. The molecule has 0 aromatic heterocycles. The molecule has 1 N–H and O–H groups in total. The largest absolute Gasteiger partial charge is 0.271 e. The second-order valence-electron chi connectivity index (χ2n) is 5.93. The van der Waals surface area contributed by atoms with E-state index in [1.165, 1.54) is 28.6 Å². The first-order valence-electron chi connectivity index (χ1n) is 8.42. The Kier molecular flexibility index (Phi) is 6.51. The van der Waals surface area contributed by atoms with E-state index in [0.717, 1.165) is 25.7 Å². The molecule has 1 aliphatic heterocycles. The summed E-state index contributed by atoms with van der Waals surface area (Å²) in [6, 6.07) is 6.00. The number of nitrogens with zero attached hydrogens (tertiary/aromatic N) is 2. The van der Waals surface area contributed by atoms with Gasteiger partial charge in [-0.1, -0.05) is 13.8 Å². The highest BCUT2D eigenvalue weighted by atomic mass is 32.2. The molecule has 1 amide bonds. The third-order valence-electron chi connectivity index (χ3n) is 4.32. The lowest BCUT2D eigenvalue weighted by Crippen LogP contribution is -2.28. The van der Waals surface area contributed by atoms with Crippen molar-refractivity contribution < 1.29 is 13.2 Å². The Morgan fingerprint density at radius 2 is 1.79 bits per heavy atom. The van der Waals surface area contributed by atoms with Gasteiger partial charge in [-0.25, -0.2) is 13.8 Å². The van der Waals surface area contributed by atoms with Crippen molar-refractivity contribution in [2.45, 2.75) is 44.4 Å². The minimum absolute atomic E-state index is 0.224. The van der Waals surface area contributed by atoms with Crippen LogP contribution in [0.4, 0.5) is 0 Å². The smallest absolute Gasteiger partial charge is 0.267 e. The fraction of sp³-hybridized carbons (Fsp3) is 0.529. The topological polar surface area (TPSA) is 78.8 Å². The average molecular weight is 351 g/mol. The highest BCUT2D eigenvalue weighted by molar-refractivity contribution is 7.89. The Morgan fingerprint density at radius 1 is 1.21 bits per heavy atom. The minimum atomic E-state index is -3.44. The summed E-state index contributed by atoms with van der Waals surface area (Å²) in [6.45, 7) is 5.27. The van der Waals surface area contributed by atoms with Gasteiger partial charge in [0, 0.05) is 24.9 Å². The summed E-state index contributed by atoms with van der Waals surface area (Å²) in [5.41, 5.74) is 2.87. The molecule has 0 bridgehead atoms. The van der Waals surface area contributed by atoms with Crippen LogP contribution in [0.2, 0.25) is 0 Å². The summed E-state index contributed by atoms with van der Waals surface area (Å²) < 4.78 is 26.3. The van der Waals surface area contributed by atoms with Crippen molar-refractivity contribution in [3.05, 3.63) is 29.8 Å². The van der Waals surface area contributed by atoms with Crippen LogP contribution in [0.25, 0.3) is 0 Å². The van der Waals surface area contributed by atoms with E-state index in [-0.39, 0.29) is 10.8 Å². The molecule has 1 fully saturated rings. The van der Waals surface area contributed by atoms with Crippen LogP contribution in [0, 0.1) is 5.92 Å². The monoisotopic (exact) mass is 351 g/mol. The number of hydrogen-bond acceptors (Lipinski definition) is 4. The third-order valence-corrected chi connectivity index (χ3v) is 6.23. The second kappa shape index (κ2) is 8.39. The maximum Gasteiger partial charge on any atom is 0.271 e. The SMILES string of the molecule is CCC(/C=N\NC(=O)c1ccc(S(=O)(=O)N2CCCC2)cc1)CC. The first-order chi connectivity index (χ1) is 11.5. The molecule has 6 nitrogen and oxygen atoms in total. The van der Waals surface area contributed by atoms with Crippen LogP contribution in [-0.4, -0.2) is 37.9 Å². The molecule has 0 radical (unpaired) electrons. The van der Waals surface area contributed by atoms with Gasteiger partial charge in [-0.3, -0.25) is 4.79 Å². The predicted octanol–water partition coefficient (Wildman–Crippen LogP) is 2.62. The molecular weight excluding hydrogens is 326 g/mol. The molecule has 0 aliphatic carbocycles. The average Bonchev–Trinajstić information content (AvgIpc) is 3.14. The van der Waals surface area contributed by atoms with Crippen LogP contribution in [0.1, 0.15) is 49.9 Å². The third kappa shape index (κ3) is 4.42. The van der Waals surface area contributed by atoms with Crippen molar-refractivity contribution in [1.29, 1.82) is 0 Å². The van der Waals surface area contributed by atoms with E-state index >= 15 is 0 Å². The summed E-state index contributed by atoms with van der Waals surface area (Å²) in [4.78, 5) is 12.3. The first-order valence-corrected chi connectivity index (χ1v) is 9.86. The minimum Gasteiger partial charge on any atom is -0.267 e. The van der Waals surface area contributed by atoms with Crippen molar-refractivity contribution in [3.63, 3.8) is 0 Å². The van der Waals surface area contributed by atoms with Crippen LogP contribution in [0.3, 0.4) is 0 Å². The molecule has 0 atom stereocenters. The Hall–Kier alpha value is -1.73. The molecule has 1 aromatic carbocycles. The summed E-state index contributed by atoms with van der Waals surface area (Å²) in [5.74, 6) is 0.000562. The Balaban J connectivity index is 2.02. The van der Waals surface area contributed by atoms with Crippen molar-refractivity contribution in [2.24, 2.45) is 11.0 Å². The molecule has 1 heterocycles. The number of sulfonamides is 1. The molecule has 24 heavy (non-hydrogen) atoms. The molecule has 1 saturated heterocycles. The number of amides is 1. The molecular formula is C17H25N3O3S. The molecule has 0 unspecified atom stereocenters. The molecule has 0 spiro atoms. The van der Waals surface area contributed by atoms with E-state index in [2.05, 4.69) is 24.4 Å². The summed E-state index contributed by atoms with van der Waals surface area (Å²) >= 11 is 0. The van der Waals surface area contributed by atoms with E-state index in [9.17, 15) is 13.2 Å². The van der Waals surface area contributed by atoms with Gasteiger partial charge in [0.1, 0.15) is 0 Å². The first kappa shape index (κ1) is 18.6. The van der Waals surface area contributed by atoms with Crippen LogP contribution in [0.5, 0.6) is 0 Å². The maximum absolute atomic E-state index is 12.4. The molecule has 0 saturated carbocycles. The van der Waals surface area contributed by atoms with Gasteiger partial charge in [0.2, 0.25) is 10.0 Å². The van der Waals surface area contributed by atoms with Gasteiger partial charge in [0.05, 0.1) is 4.90 Å². The van der Waals surface area contributed by atoms with Crippen molar-refractivity contribution in [2.75, 3.05) is 13.1 Å². The van der Waals surface area contributed by atoms with E-state index < -0.39 is 10.0 Å². The number of nitrogens with one attached hydrogen (secondary N) is 1. The van der Waals surface area contributed by atoms with Gasteiger partial charge >= 0.3 is 0 Å².